The van der Waals surface area contributed by atoms with Crippen LogP contribution in [0.25, 0.3) is 0 Å². The Balaban J connectivity index is 2.05. The van der Waals surface area contributed by atoms with Crippen molar-refractivity contribution in [3.05, 3.63) is 58.6 Å². The van der Waals surface area contributed by atoms with Crippen LogP contribution in [0.1, 0.15) is 29.3 Å². The van der Waals surface area contributed by atoms with Crippen molar-refractivity contribution in [1.82, 2.24) is 5.32 Å². The molecule has 5 nitrogen and oxygen atoms in total. The summed E-state index contributed by atoms with van der Waals surface area (Å²) < 4.78 is 0. The number of anilines is 2. The van der Waals surface area contributed by atoms with Gasteiger partial charge < -0.3 is 10.6 Å². The first kappa shape index (κ1) is 18.9. The first-order valence-corrected chi connectivity index (χ1v) is 8.46. The van der Waals surface area contributed by atoms with Gasteiger partial charge in [0.05, 0.1) is 10.7 Å². The molecule has 0 atom stereocenters. The summed E-state index contributed by atoms with van der Waals surface area (Å²) in [5.41, 5.74) is 2.57. The predicted molar refractivity (Wildman–Crippen MR) is 105 cm³/mol. The smallest absolute Gasteiger partial charge is 0.257 e. The summed E-state index contributed by atoms with van der Waals surface area (Å²) in [5, 5.41) is 8.75. The SMILES string of the molecule is CCC(=O)Nc1ccc(Cl)c(NC(=S)NC(=O)c2cccc(C)c2)c1. The van der Waals surface area contributed by atoms with Crippen LogP contribution in [0.4, 0.5) is 11.4 Å². The van der Waals surface area contributed by atoms with Gasteiger partial charge in [-0.1, -0.05) is 36.2 Å². The van der Waals surface area contributed by atoms with Crippen molar-refractivity contribution in [3.8, 4) is 0 Å². The monoisotopic (exact) mass is 375 g/mol. The molecule has 2 aromatic carbocycles. The van der Waals surface area contributed by atoms with Crippen LogP contribution in [0.15, 0.2) is 42.5 Å². The minimum absolute atomic E-state index is 0.108. The highest BCUT2D eigenvalue weighted by Gasteiger charge is 2.10. The van der Waals surface area contributed by atoms with Crippen LogP contribution >= 0.6 is 23.8 Å². The normalized spacial score (nSPS) is 10.0. The third kappa shape index (κ3) is 5.55. The van der Waals surface area contributed by atoms with E-state index >= 15 is 0 Å². The Morgan fingerprint density at radius 1 is 1.12 bits per heavy atom. The number of amides is 2. The fourth-order valence-corrected chi connectivity index (χ4v) is 2.43. The standard InChI is InChI=1S/C18H18ClN3O2S/c1-3-16(23)20-13-7-8-14(19)15(10-13)21-18(25)22-17(24)12-6-4-5-11(2)9-12/h4-10H,3H2,1-2H3,(H,20,23)(H2,21,22,24,25). The highest BCUT2D eigenvalue weighted by Crippen LogP contribution is 2.25. The first-order valence-electron chi connectivity index (χ1n) is 7.67. The van der Waals surface area contributed by atoms with Gasteiger partial charge in [0.25, 0.3) is 5.91 Å². The highest BCUT2D eigenvalue weighted by molar-refractivity contribution is 7.80. The van der Waals surface area contributed by atoms with E-state index in [0.29, 0.717) is 28.4 Å². The lowest BCUT2D eigenvalue weighted by Crippen LogP contribution is -2.34. The van der Waals surface area contributed by atoms with Crippen molar-refractivity contribution in [2.75, 3.05) is 10.6 Å². The van der Waals surface area contributed by atoms with Crippen molar-refractivity contribution < 1.29 is 9.59 Å². The minimum Gasteiger partial charge on any atom is -0.331 e. The zero-order valence-electron chi connectivity index (χ0n) is 13.9. The van der Waals surface area contributed by atoms with E-state index in [-0.39, 0.29) is 16.9 Å². The summed E-state index contributed by atoms with van der Waals surface area (Å²) in [7, 11) is 0. The third-order valence-corrected chi connectivity index (χ3v) is 3.86. The highest BCUT2D eigenvalue weighted by atomic mass is 35.5. The minimum atomic E-state index is -0.312. The van der Waals surface area contributed by atoms with Gasteiger partial charge in [-0.2, -0.15) is 0 Å². The number of hydrogen-bond acceptors (Lipinski definition) is 3. The molecule has 0 spiro atoms. The zero-order valence-corrected chi connectivity index (χ0v) is 15.4. The van der Waals surface area contributed by atoms with Crippen LogP contribution < -0.4 is 16.0 Å². The summed E-state index contributed by atoms with van der Waals surface area (Å²) >= 11 is 11.3. The van der Waals surface area contributed by atoms with E-state index in [1.54, 1.807) is 43.3 Å². The quantitative estimate of drug-likeness (QED) is 0.703. The molecule has 2 rings (SSSR count). The van der Waals surface area contributed by atoms with Crippen LogP contribution in [0, 0.1) is 6.92 Å². The molecule has 25 heavy (non-hydrogen) atoms. The predicted octanol–water partition coefficient (Wildman–Crippen LogP) is 4.12. The molecule has 0 fully saturated rings. The largest absolute Gasteiger partial charge is 0.331 e. The number of aryl methyl sites for hydroxylation is 1. The maximum absolute atomic E-state index is 12.2. The van der Waals surface area contributed by atoms with E-state index in [1.807, 2.05) is 13.0 Å². The number of nitrogens with one attached hydrogen (secondary N) is 3. The molecule has 3 N–H and O–H groups in total. The van der Waals surface area contributed by atoms with Crippen molar-refractivity contribution in [1.29, 1.82) is 0 Å². The molecule has 2 amide bonds. The summed E-state index contributed by atoms with van der Waals surface area (Å²) in [5.74, 6) is -0.420. The number of thiocarbonyl (C=S) groups is 1. The second-order valence-electron chi connectivity index (χ2n) is 5.37. The van der Waals surface area contributed by atoms with Gasteiger partial charge in [0, 0.05) is 17.7 Å². The topological polar surface area (TPSA) is 70.2 Å². The van der Waals surface area contributed by atoms with Gasteiger partial charge in [0.1, 0.15) is 0 Å². The average Bonchev–Trinajstić information content (AvgIpc) is 2.57. The van der Waals surface area contributed by atoms with Gasteiger partial charge in [0.2, 0.25) is 5.91 Å². The van der Waals surface area contributed by atoms with Crippen molar-refractivity contribution in [2.45, 2.75) is 20.3 Å². The summed E-state index contributed by atoms with van der Waals surface area (Å²) in [6, 6.07) is 12.2. The lowest BCUT2D eigenvalue weighted by molar-refractivity contribution is -0.115. The van der Waals surface area contributed by atoms with E-state index in [1.165, 1.54) is 0 Å². The average molecular weight is 376 g/mol. The molecule has 0 aromatic heterocycles. The third-order valence-electron chi connectivity index (χ3n) is 3.33. The number of halogens is 1. The summed E-state index contributed by atoms with van der Waals surface area (Å²) in [6.45, 7) is 3.67. The van der Waals surface area contributed by atoms with Crippen LogP contribution in [-0.4, -0.2) is 16.9 Å². The molecule has 130 valence electrons. The molecule has 0 unspecified atom stereocenters. The molecule has 7 heteroatoms. The number of benzene rings is 2. The maximum atomic E-state index is 12.2. The van der Waals surface area contributed by atoms with Gasteiger partial charge in [-0.05, 0) is 49.5 Å². The zero-order chi connectivity index (χ0) is 18.4. The van der Waals surface area contributed by atoms with Gasteiger partial charge >= 0.3 is 0 Å². The van der Waals surface area contributed by atoms with Crippen molar-refractivity contribution in [3.63, 3.8) is 0 Å². The van der Waals surface area contributed by atoms with Crippen LogP contribution in [-0.2, 0) is 4.79 Å². The van der Waals surface area contributed by atoms with E-state index in [4.69, 9.17) is 23.8 Å². The lowest BCUT2D eigenvalue weighted by Gasteiger charge is -2.13. The summed E-state index contributed by atoms with van der Waals surface area (Å²) in [4.78, 5) is 23.7. The molecule has 0 heterocycles. The summed E-state index contributed by atoms with van der Waals surface area (Å²) in [6.07, 6.45) is 0.371. The van der Waals surface area contributed by atoms with E-state index < -0.39 is 0 Å². The van der Waals surface area contributed by atoms with Gasteiger partial charge in [-0.3, -0.25) is 14.9 Å². The van der Waals surface area contributed by atoms with Gasteiger partial charge in [-0.25, -0.2) is 0 Å². The Labute approximate surface area is 156 Å². The molecule has 2 aromatic rings. The molecule has 0 radical (unpaired) electrons. The van der Waals surface area contributed by atoms with Crippen LogP contribution in [0.5, 0.6) is 0 Å². The van der Waals surface area contributed by atoms with Gasteiger partial charge in [-0.15, -0.1) is 0 Å². The molecular formula is C18H18ClN3O2S. The first-order chi connectivity index (χ1) is 11.9. The Bertz CT molecular complexity index is 824. The number of carbonyl (C=O) groups excluding carboxylic acids is 2. The maximum Gasteiger partial charge on any atom is 0.257 e. The van der Waals surface area contributed by atoms with E-state index in [9.17, 15) is 9.59 Å². The number of rotatable bonds is 4. The number of hydrogen-bond donors (Lipinski definition) is 3. The van der Waals surface area contributed by atoms with E-state index in [2.05, 4.69) is 16.0 Å². The number of carbonyl (C=O) groups is 2. The van der Waals surface area contributed by atoms with E-state index in [0.717, 1.165) is 5.56 Å². The molecule has 0 saturated carbocycles. The van der Waals surface area contributed by atoms with Crippen LogP contribution in [0.2, 0.25) is 5.02 Å². The van der Waals surface area contributed by atoms with Gasteiger partial charge in [0.15, 0.2) is 5.11 Å². The second kappa shape index (κ2) is 8.60. The van der Waals surface area contributed by atoms with Crippen molar-refractivity contribution in [2.24, 2.45) is 0 Å². The molecule has 0 aliphatic carbocycles. The Morgan fingerprint density at radius 2 is 1.88 bits per heavy atom. The Morgan fingerprint density at radius 3 is 2.56 bits per heavy atom. The van der Waals surface area contributed by atoms with Crippen LogP contribution in [0.3, 0.4) is 0 Å². The lowest BCUT2D eigenvalue weighted by atomic mass is 10.1. The Hall–Kier alpha value is -2.44. The Kier molecular flexibility index (Phi) is 6.50. The molecule has 0 aliphatic rings. The molecule has 0 bridgehead atoms. The molecule has 0 aliphatic heterocycles. The fourth-order valence-electron chi connectivity index (χ4n) is 2.06. The molecule has 0 saturated heterocycles. The fraction of sp³-hybridized carbons (Fsp3) is 0.167. The second-order valence-corrected chi connectivity index (χ2v) is 6.19. The van der Waals surface area contributed by atoms with Crippen molar-refractivity contribution >= 4 is 52.1 Å². The molecular weight excluding hydrogens is 358 g/mol.